The van der Waals surface area contributed by atoms with Crippen molar-refractivity contribution >= 4 is 12.4 Å². The number of hydrogen-bond donors (Lipinski definition) is 1. The summed E-state index contributed by atoms with van der Waals surface area (Å²) < 4.78 is 5.24. The van der Waals surface area contributed by atoms with E-state index in [1.54, 1.807) is 0 Å². The normalized spacial score (nSPS) is 13.6. The fraction of sp³-hybridized carbons (Fsp3) is 0.429. The summed E-state index contributed by atoms with van der Waals surface area (Å²) in [7, 11) is 0. The van der Waals surface area contributed by atoms with Crippen molar-refractivity contribution in [3.63, 3.8) is 0 Å². The lowest BCUT2D eigenvalue weighted by molar-refractivity contribution is 0.343. The van der Waals surface area contributed by atoms with Gasteiger partial charge in [-0.3, -0.25) is 0 Å². The van der Waals surface area contributed by atoms with Gasteiger partial charge in [0.05, 0.1) is 5.92 Å². The van der Waals surface area contributed by atoms with Crippen molar-refractivity contribution in [2.45, 2.75) is 38.6 Å². The minimum atomic E-state index is 0. The topological polar surface area (TPSA) is 64.9 Å². The molecule has 0 spiro atoms. The van der Waals surface area contributed by atoms with E-state index in [1.807, 2.05) is 32.0 Å². The molecule has 5 heteroatoms. The summed E-state index contributed by atoms with van der Waals surface area (Å²) >= 11 is 0. The van der Waals surface area contributed by atoms with Gasteiger partial charge in [0.25, 0.3) is 0 Å². The summed E-state index contributed by atoms with van der Waals surface area (Å²) in [6, 6.07) is 10.3. The molecule has 1 aromatic heterocycles. The molecule has 0 saturated heterocycles. The molecule has 4 nitrogen and oxygen atoms in total. The molecule has 0 aliphatic carbocycles. The molecule has 2 rings (SSSR count). The van der Waals surface area contributed by atoms with Crippen molar-refractivity contribution < 1.29 is 4.52 Å². The van der Waals surface area contributed by atoms with Crippen LogP contribution in [0.2, 0.25) is 0 Å². The molecular formula is C14H20ClN3O. The van der Waals surface area contributed by atoms with Crippen LogP contribution in [0.15, 0.2) is 34.9 Å². The van der Waals surface area contributed by atoms with Crippen molar-refractivity contribution in [3.8, 4) is 0 Å². The van der Waals surface area contributed by atoms with Crippen LogP contribution in [0.4, 0.5) is 0 Å². The lowest BCUT2D eigenvalue weighted by Gasteiger charge is -2.09. The summed E-state index contributed by atoms with van der Waals surface area (Å²) in [5.74, 6) is 1.48. The standard InChI is InChI=1S/C14H19N3O.ClH/c1-10(11(2)15)14-16-13(17-18-14)9-8-12-6-4-3-5-7-12;/h3-7,10-11H,8-9,15H2,1-2H3;1H. The second-order valence-electron chi connectivity index (χ2n) is 4.68. The van der Waals surface area contributed by atoms with Crippen LogP contribution >= 0.6 is 12.4 Å². The maximum atomic E-state index is 5.81. The summed E-state index contributed by atoms with van der Waals surface area (Å²) in [6.45, 7) is 3.94. The highest BCUT2D eigenvalue weighted by Crippen LogP contribution is 2.16. The highest BCUT2D eigenvalue weighted by Gasteiger charge is 2.17. The van der Waals surface area contributed by atoms with Crippen LogP contribution in [0.1, 0.15) is 37.0 Å². The Hall–Kier alpha value is -1.39. The van der Waals surface area contributed by atoms with Gasteiger partial charge in [0.2, 0.25) is 5.89 Å². The Balaban J connectivity index is 0.00000180. The smallest absolute Gasteiger partial charge is 0.231 e. The first kappa shape index (κ1) is 15.7. The molecule has 0 bridgehead atoms. The van der Waals surface area contributed by atoms with Crippen LogP contribution in [0.3, 0.4) is 0 Å². The molecule has 1 heterocycles. The molecule has 2 atom stereocenters. The van der Waals surface area contributed by atoms with Crippen LogP contribution in [0.5, 0.6) is 0 Å². The van der Waals surface area contributed by atoms with Gasteiger partial charge in [-0.2, -0.15) is 4.98 Å². The molecule has 2 N–H and O–H groups in total. The average Bonchev–Trinajstić information content (AvgIpc) is 2.85. The van der Waals surface area contributed by atoms with E-state index >= 15 is 0 Å². The molecule has 0 fully saturated rings. The van der Waals surface area contributed by atoms with Gasteiger partial charge in [0.1, 0.15) is 0 Å². The number of aromatic nitrogens is 2. The largest absolute Gasteiger partial charge is 0.339 e. The van der Waals surface area contributed by atoms with Gasteiger partial charge in [0, 0.05) is 12.5 Å². The number of rotatable bonds is 5. The van der Waals surface area contributed by atoms with Crippen LogP contribution in [-0.4, -0.2) is 16.2 Å². The molecule has 104 valence electrons. The number of aryl methyl sites for hydroxylation is 2. The van der Waals surface area contributed by atoms with E-state index in [1.165, 1.54) is 5.56 Å². The van der Waals surface area contributed by atoms with Crippen LogP contribution in [0.25, 0.3) is 0 Å². The highest BCUT2D eigenvalue weighted by atomic mass is 35.5. The van der Waals surface area contributed by atoms with Gasteiger partial charge >= 0.3 is 0 Å². The van der Waals surface area contributed by atoms with Gasteiger partial charge < -0.3 is 10.3 Å². The van der Waals surface area contributed by atoms with Crippen molar-refractivity contribution in [2.75, 3.05) is 0 Å². The Bertz CT molecular complexity index is 484. The summed E-state index contributed by atoms with van der Waals surface area (Å²) in [4.78, 5) is 4.39. The van der Waals surface area contributed by atoms with Gasteiger partial charge in [-0.25, -0.2) is 0 Å². The third-order valence-corrected chi connectivity index (χ3v) is 3.14. The predicted octanol–water partition coefficient (Wildman–Crippen LogP) is 2.73. The number of hydrogen-bond acceptors (Lipinski definition) is 4. The SMILES string of the molecule is CC(N)C(C)c1nc(CCc2ccccc2)no1.Cl. The molecule has 2 aromatic rings. The zero-order valence-corrected chi connectivity index (χ0v) is 12.1. The van der Waals surface area contributed by atoms with E-state index < -0.39 is 0 Å². The van der Waals surface area contributed by atoms with E-state index in [9.17, 15) is 0 Å². The van der Waals surface area contributed by atoms with E-state index in [0.29, 0.717) is 5.89 Å². The van der Waals surface area contributed by atoms with E-state index in [2.05, 4.69) is 22.3 Å². The highest BCUT2D eigenvalue weighted by molar-refractivity contribution is 5.85. The summed E-state index contributed by atoms with van der Waals surface area (Å²) in [6.07, 6.45) is 1.71. The van der Waals surface area contributed by atoms with Crippen LogP contribution in [-0.2, 0) is 12.8 Å². The summed E-state index contributed by atoms with van der Waals surface area (Å²) in [5, 5.41) is 3.99. The Kier molecular flexibility index (Phi) is 5.99. The first-order valence-electron chi connectivity index (χ1n) is 6.29. The molecule has 2 unspecified atom stereocenters. The van der Waals surface area contributed by atoms with E-state index in [0.717, 1.165) is 18.7 Å². The fourth-order valence-electron chi connectivity index (χ4n) is 1.68. The van der Waals surface area contributed by atoms with Crippen LogP contribution in [0, 0.1) is 0 Å². The number of nitrogens with zero attached hydrogens (tertiary/aromatic N) is 2. The summed E-state index contributed by atoms with van der Waals surface area (Å²) in [5.41, 5.74) is 7.10. The molecule has 0 aliphatic rings. The first-order chi connectivity index (χ1) is 8.66. The predicted molar refractivity (Wildman–Crippen MR) is 77.5 cm³/mol. The Labute approximate surface area is 119 Å². The van der Waals surface area contributed by atoms with Crippen molar-refractivity contribution in [3.05, 3.63) is 47.6 Å². The molecule has 1 aromatic carbocycles. The average molecular weight is 282 g/mol. The fourth-order valence-corrected chi connectivity index (χ4v) is 1.68. The molecule has 0 saturated carbocycles. The lowest BCUT2D eigenvalue weighted by atomic mass is 10.1. The second kappa shape index (κ2) is 7.26. The lowest BCUT2D eigenvalue weighted by Crippen LogP contribution is -2.22. The van der Waals surface area contributed by atoms with Crippen molar-refractivity contribution in [2.24, 2.45) is 5.73 Å². The Morgan fingerprint density at radius 2 is 1.84 bits per heavy atom. The maximum Gasteiger partial charge on any atom is 0.231 e. The quantitative estimate of drug-likeness (QED) is 0.915. The molecule has 0 aliphatic heterocycles. The monoisotopic (exact) mass is 281 g/mol. The van der Waals surface area contributed by atoms with Gasteiger partial charge in [0.15, 0.2) is 5.82 Å². The second-order valence-corrected chi connectivity index (χ2v) is 4.68. The maximum absolute atomic E-state index is 5.81. The molecule has 0 radical (unpaired) electrons. The number of halogens is 1. The van der Waals surface area contributed by atoms with Crippen molar-refractivity contribution in [1.29, 1.82) is 0 Å². The minimum absolute atomic E-state index is 0. The third kappa shape index (κ3) is 4.33. The van der Waals surface area contributed by atoms with Gasteiger partial charge in [-0.15, -0.1) is 12.4 Å². The van der Waals surface area contributed by atoms with Crippen LogP contribution < -0.4 is 5.73 Å². The van der Waals surface area contributed by atoms with E-state index in [-0.39, 0.29) is 24.4 Å². The van der Waals surface area contributed by atoms with Gasteiger partial charge in [-0.1, -0.05) is 42.4 Å². The molecule has 0 amide bonds. The Morgan fingerprint density at radius 1 is 1.16 bits per heavy atom. The van der Waals surface area contributed by atoms with E-state index in [4.69, 9.17) is 10.3 Å². The number of nitrogens with two attached hydrogens (primary N) is 1. The zero-order chi connectivity index (χ0) is 13.0. The third-order valence-electron chi connectivity index (χ3n) is 3.14. The molecule has 19 heavy (non-hydrogen) atoms. The first-order valence-corrected chi connectivity index (χ1v) is 6.29. The zero-order valence-electron chi connectivity index (χ0n) is 11.2. The minimum Gasteiger partial charge on any atom is -0.339 e. The number of benzene rings is 1. The Morgan fingerprint density at radius 3 is 2.47 bits per heavy atom. The molecular weight excluding hydrogens is 262 g/mol. The van der Waals surface area contributed by atoms with Crippen molar-refractivity contribution in [1.82, 2.24) is 10.1 Å². The van der Waals surface area contributed by atoms with Gasteiger partial charge in [-0.05, 0) is 18.9 Å².